The van der Waals surface area contributed by atoms with Crippen molar-refractivity contribution in [2.24, 2.45) is 12.2 Å². The number of halogens is 3. The number of hydrogen-bond acceptors (Lipinski definition) is 8. The molecular weight excluding hydrogens is 421 g/mol. The Balaban J connectivity index is 1.87. The first-order valence-electron chi connectivity index (χ1n) is 8.57. The van der Waals surface area contributed by atoms with Crippen LogP contribution in [-0.4, -0.2) is 47.6 Å². The van der Waals surface area contributed by atoms with Gasteiger partial charge in [0.25, 0.3) is 0 Å². The zero-order valence-electron chi connectivity index (χ0n) is 16.1. The number of aryl methyl sites for hydroxylation is 2. The van der Waals surface area contributed by atoms with Crippen LogP contribution in [0.25, 0.3) is 11.4 Å². The maximum Gasteiger partial charge on any atom is 0.417 e. The van der Waals surface area contributed by atoms with Crippen LogP contribution < -0.4 is 5.32 Å². The van der Waals surface area contributed by atoms with Gasteiger partial charge in [0.2, 0.25) is 0 Å². The molecule has 11 nitrogen and oxygen atoms in total. The molecule has 31 heavy (non-hydrogen) atoms. The number of oxime groups is 1. The lowest BCUT2D eigenvalue weighted by Crippen LogP contribution is -2.13. The molecule has 2 heterocycles. The second-order valence-electron chi connectivity index (χ2n) is 6.14. The van der Waals surface area contributed by atoms with Crippen LogP contribution in [0.2, 0.25) is 0 Å². The number of amides is 1. The van der Waals surface area contributed by atoms with E-state index < -0.39 is 17.8 Å². The van der Waals surface area contributed by atoms with Crippen molar-refractivity contribution in [1.29, 1.82) is 0 Å². The molecule has 14 heteroatoms. The Labute approximate surface area is 172 Å². The van der Waals surface area contributed by atoms with Crippen LogP contribution >= 0.6 is 0 Å². The van der Waals surface area contributed by atoms with Crippen molar-refractivity contribution in [1.82, 2.24) is 30.2 Å². The number of anilines is 1. The van der Waals surface area contributed by atoms with E-state index in [1.54, 1.807) is 0 Å². The summed E-state index contributed by atoms with van der Waals surface area (Å²) in [7, 11) is 1.42. The summed E-state index contributed by atoms with van der Waals surface area (Å²) in [4.78, 5) is 23.5. The van der Waals surface area contributed by atoms with Gasteiger partial charge in [-0.2, -0.15) is 13.2 Å². The largest absolute Gasteiger partial charge is 0.465 e. The maximum absolute atomic E-state index is 13.7. The van der Waals surface area contributed by atoms with E-state index in [1.807, 2.05) is 0 Å². The fourth-order valence-electron chi connectivity index (χ4n) is 2.71. The lowest BCUT2D eigenvalue weighted by molar-refractivity contribution is -0.137. The molecule has 0 fully saturated rings. The van der Waals surface area contributed by atoms with Gasteiger partial charge >= 0.3 is 12.3 Å². The molecule has 3 aromatic rings. The molecule has 0 unspecified atom stereocenters. The molecule has 1 amide bonds. The Bertz CT molecular complexity index is 1130. The predicted octanol–water partition coefficient (Wildman–Crippen LogP) is 2.63. The summed E-state index contributed by atoms with van der Waals surface area (Å²) >= 11 is 0. The normalized spacial score (nSPS) is 11.6. The molecule has 2 N–H and O–H groups in total. The van der Waals surface area contributed by atoms with E-state index >= 15 is 0 Å². The second kappa shape index (κ2) is 8.73. The van der Waals surface area contributed by atoms with Gasteiger partial charge in [-0.15, -0.1) is 5.10 Å². The Morgan fingerprint density at radius 2 is 2.13 bits per heavy atom. The number of benzene rings is 1. The summed E-state index contributed by atoms with van der Waals surface area (Å²) in [5.74, 6) is 0.0600. The number of nitrogens with zero attached hydrogens (tertiary/aromatic N) is 7. The van der Waals surface area contributed by atoms with Gasteiger partial charge in [0.15, 0.2) is 18.3 Å². The molecule has 0 saturated carbocycles. The Morgan fingerprint density at radius 1 is 1.35 bits per heavy atom. The van der Waals surface area contributed by atoms with Crippen molar-refractivity contribution in [2.75, 3.05) is 5.32 Å². The van der Waals surface area contributed by atoms with Crippen molar-refractivity contribution in [2.45, 2.75) is 19.7 Å². The maximum atomic E-state index is 13.7. The number of carboxylic acid groups (broad SMARTS) is 1. The molecule has 0 saturated heterocycles. The third-order valence-electron chi connectivity index (χ3n) is 3.97. The van der Waals surface area contributed by atoms with Gasteiger partial charge in [-0.25, -0.2) is 19.4 Å². The molecule has 2 aromatic heterocycles. The summed E-state index contributed by atoms with van der Waals surface area (Å²) in [5, 5.41) is 25.2. The first kappa shape index (κ1) is 21.6. The summed E-state index contributed by atoms with van der Waals surface area (Å²) < 4.78 is 42.3. The van der Waals surface area contributed by atoms with Gasteiger partial charge in [0.05, 0.1) is 11.8 Å². The molecule has 0 radical (unpaired) electrons. The molecule has 0 aliphatic carbocycles. The van der Waals surface area contributed by atoms with Crippen molar-refractivity contribution in [3.63, 3.8) is 0 Å². The van der Waals surface area contributed by atoms with Gasteiger partial charge in [0, 0.05) is 24.4 Å². The molecule has 0 aliphatic rings. The highest BCUT2D eigenvalue weighted by molar-refractivity contribution is 5.90. The number of alkyl halides is 3. The average Bonchev–Trinajstić information content (AvgIpc) is 3.10. The number of rotatable bonds is 6. The minimum atomic E-state index is -4.65. The van der Waals surface area contributed by atoms with E-state index in [0.29, 0.717) is 0 Å². The number of hydrogen-bond donors (Lipinski definition) is 2. The Hall–Kier alpha value is -4.10. The summed E-state index contributed by atoms with van der Waals surface area (Å²) in [6.07, 6.45) is -3.54. The Morgan fingerprint density at radius 3 is 2.77 bits per heavy atom. The molecule has 0 bridgehead atoms. The molecule has 3 rings (SSSR count). The number of aromatic nitrogens is 6. The second-order valence-corrected chi connectivity index (χ2v) is 6.14. The number of tetrazole rings is 1. The van der Waals surface area contributed by atoms with Crippen molar-refractivity contribution in [3.8, 4) is 11.4 Å². The molecule has 1 aromatic carbocycles. The minimum Gasteiger partial charge on any atom is -0.465 e. The fraction of sp³-hybridized carbons (Fsp3) is 0.235. The van der Waals surface area contributed by atoms with Crippen LogP contribution in [0, 0.1) is 6.92 Å². The van der Waals surface area contributed by atoms with E-state index in [0.717, 1.165) is 10.9 Å². The average molecular weight is 436 g/mol. The molecule has 0 spiro atoms. The summed E-state index contributed by atoms with van der Waals surface area (Å²) in [6.45, 7) is 1.09. The quantitative estimate of drug-likeness (QED) is 0.444. The SMILES string of the molecule is Cc1ccc(C=NOCc2nccc(NC(=O)O)n2)c(-c2nnnn2C)c1C(F)(F)F. The molecule has 162 valence electrons. The van der Waals surface area contributed by atoms with E-state index in [1.165, 1.54) is 38.4 Å². The van der Waals surface area contributed by atoms with Gasteiger partial charge in [-0.05, 0) is 29.0 Å². The monoisotopic (exact) mass is 436 g/mol. The first-order chi connectivity index (χ1) is 14.7. The van der Waals surface area contributed by atoms with Gasteiger partial charge in [-0.3, -0.25) is 5.32 Å². The highest BCUT2D eigenvalue weighted by Gasteiger charge is 2.37. The van der Waals surface area contributed by atoms with E-state index in [4.69, 9.17) is 9.94 Å². The van der Waals surface area contributed by atoms with E-state index in [9.17, 15) is 18.0 Å². The third kappa shape index (κ3) is 5.09. The number of nitrogens with one attached hydrogen (secondary N) is 1. The van der Waals surface area contributed by atoms with Crippen LogP contribution in [0.4, 0.5) is 23.8 Å². The Kier molecular flexibility index (Phi) is 6.08. The highest BCUT2D eigenvalue weighted by atomic mass is 19.4. The fourth-order valence-corrected chi connectivity index (χ4v) is 2.71. The molecular formula is C17H15F3N8O3. The first-order valence-corrected chi connectivity index (χ1v) is 8.57. The zero-order chi connectivity index (χ0) is 22.6. The van der Waals surface area contributed by atoms with Gasteiger partial charge < -0.3 is 9.94 Å². The highest BCUT2D eigenvalue weighted by Crippen LogP contribution is 2.39. The smallest absolute Gasteiger partial charge is 0.417 e. The molecule has 0 aliphatic heterocycles. The van der Waals surface area contributed by atoms with Crippen LogP contribution in [0.1, 0.15) is 22.5 Å². The topological polar surface area (TPSA) is 140 Å². The summed E-state index contributed by atoms with van der Waals surface area (Å²) in [6, 6.07) is 4.09. The van der Waals surface area contributed by atoms with Crippen LogP contribution in [0.3, 0.4) is 0 Å². The lowest BCUT2D eigenvalue weighted by atomic mass is 9.96. The van der Waals surface area contributed by atoms with Gasteiger partial charge in [0.1, 0.15) is 5.82 Å². The van der Waals surface area contributed by atoms with Crippen LogP contribution in [-0.2, 0) is 24.7 Å². The number of carbonyl (C=O) groups is 1. The van der Waals surface area contributed by atoms with Crippen molar-refractivity contribution in [3.05, 3.63) is 46.9 Å². The predicted molar refractivity (Wildman–Crippen MR) is 100 cm³/mol. The van der Waals surface area contributed by atoms with Crippen LogP contribution in [0.15, 0.2) is 29.6 Å². The lowest BCUT2D eigenvalue weighted by Gasteiger charge is -2.16. The third-order valence-corrected chi connectivity index (χ3v) is 3.97. The standard InChI is InChI=1S/C17H15F3N8O3/c1-9-3-4-10(13(14(9)17(18,19)20)15-25-26-27-28(15)2)7-22-31-8-12-21-6-5-11(23-12)24-16(29)30/h3-7H,8H2,1-2H3,(H,29,30)(H,21,23,24). The minimum absolute atomic E-state index is 0.000265. The van der Waals surface area contributed by atoms with E-state index in [-0.39, 0.29) is 40.8 Å². The van der Waals surface area contributed by atoms with Crippen LogP contribution in [0.5, 0.6) is 0 Å². The zero-order valence-corrected chi connectivity index (χ0v) is 16.1. The van der Waals surface area contributed by atoms with Crippen molar-refractivity contribution < 1.29 is 27.9 Å². The van der Waals surface area contributed by atoms with Crippen molar-refractivity contribution >= 4 is 18.1 Å². The molecule has 0 atom stereocenters. The van der Waals surface area contributed by atoms with Gasteiger partial charge in [-0.1, -0.05) is 17.3 Å². The summed E-state index contributed by atoms with van der Waals surface area (Å²) in [5.41, 5.74) is -1.04. The van der Waals surface area contributed by atoms with E-state index in [2.05, 4.69) is 36.0 Å².